The van der Waals surface area contributed by atoms with Gasteiger partial charge in [0.05, 0.1) is 35.6 Å². The summed E-state index contributed by atoms with van der Waals surface area (Å²) >= 11 is 1.37. The molecule has 0 unspecified atom stereocenters. The highest BCUT2D eigenvalue weighted by Gasteiger charge is 2.45. The van der Waals surface area contributed by atoms with Crippen LogP contribution in [0.4, 0.5) is 4.39 Å². The number of ether oxygens (including phenoxy) is 1. The van der Waals surface area contributed by atoms with Crippen molar-refractivity contribution in [3.63, 3.8) is 0 Å². The molecule has 0 spiro atoms. The van der Waals surface area contributed by atoms with E-state index in [-0.39, 0.29) is 49.4 Å². The fourth-order valence-electron chi connectivity index (χ4n) is 5.53. The van der Waals surface area contributed by atoms with Crippen LogP contribution in [0.3, 0.4) is 0 Å². The summed E-state index contributed by atoms with van der Waals surface area (Å²) in [5.41, 5.74) is 8.34. The third-order valence-corrected chi connectivity index (χ3v) is 8.64. The number of rotatable bonds is 4. The van der Waals surface area contributed by atoms with Crippen molar-refractivity contribution in [1.29, 1.82) is 0 Å². The van der Waals surface area contributed by atoms with Crippen LogP contribution in [0.5, 0.6) is 0 Å². The Morgan fingerprint density at radius 1 is 1.27 bits per heavy atom. The molecular weight excluding hydrogens is 497 g/mol. The molecule has 190 valence electrons. The Labute approximate surface area is 214 Å². The Morgan fingerprint density at radius 3 is 2.73 bits per heavy atom. The summed E-state index contributed by atoms with van der Waals surface area (Å²) in [4.78, 5) is 32.3. The maximum atomic E-state index is 15.2. The van der Waals surface area contributed by atoms with Gasteiger partial charge in [-0.1, -0.05) is 6.92 Å². The van der Waals surface area contributed by atoms with Gasteiger partial charge in [-0.15, -0.1) is 11.3 Å². The number of esters is 1. The molecule has 2 aliphatic heterocycles. The smallest absolute Gasteiger partial charge is 0.343 e. The van der Waals surface area contributed by atoms with E-state index in [1.165, 1.54) is 17.4 Å². The number of aliphatic hydroxyl groups excluding tert-OH is 1. The molecule has 37 heavy (non-hydrogen) atoms. The minimum atomic E-state index is -1.93. The van der Waals surface area contributed by atoms with Gasteiger partial charge in [0.25, 0.3) is 5.56 Å². The minimum absolute atomic E-state index is 0.0400. The molecule has 1 aromatic carbocycles. The van der Waals surface area contributed by atoms with E-state index in [4.69, 9.17) is 15.5 Å². The lowest BCUT2D eigenvalue weighted by molar-refractivity contribution is -0.172. The fourth-order valence-corrected chi connectivity index (χ4v) is 6.51. The number of aliphatic hydroxyl groups is 2. The average Bonchev–Trinajstić information content (AvgIpc) is 3.51. The molecule has 1 atom stereocenters. The van der Waals surface area contributed by atoms with Crippen LogP contribution >= 0.6 is 11.3 Å². The van der Waals surface area contributed by atoms with Gasteiger partial charge in [-0.2, -0.15) is 0 Å². The zero-order chi connectivity index (χ0) is 26.2. The highest BCUT2D eigenvalue weighted by molar-refractivity contribution is 7.15. The molecule has 0 aliphatic carbocycles. The molecule has 6 rings (SSSR count). The van der Waals surface area contributed by atoms with E-state index < -0.39 is 17.4 Å². The number of carbonyl (C=O) groups excluding carboxylic acids is 1. The van der Waals surface area contributed by atoms with Gasteiger partial charge in [-0.3, -0.25) is 4.79 Å². The molecular formula is C27H24FN3O5S. The lowest BCUT2D eigenvalue weighted by Crippen LogP contribution is -2.44. The molecule has 10 heteroatoms. The number of aromatic nitrogens is 2. The molecule has 3 aromatic heterocycles. The highest BCUT2D eigenvalue weighted by Crippen LogP contribution is 2.44. The molecule has 0 saturated carbocycles. The summed E-state index contributed by atoms with van der Waals surface area (Å²) in [7, 11) is 0. The van der Waals surface area contributed by atoms with Crippen molar-refractivity contribution in [2.24, 2.45) is 5.73 Å². The lowest BCUT2D eigenvalue weighted by Gasteiger charge is -2.31. The molecule has 5 heterocycles. The predicted octanol–water partition coefficient (Wildman–Crippen LogP) is 3.21. The predicted molar refractivity (Wildman–Crippen MR) is 136 cm³/mol. The van der Waals surface area contributed by atoms with Crippen molar-refractivity contribution < 1.29 is 24.1 Å². The Morgan fingerprint density at radius 2 is 2.05 bits per heavy atom. The Bertz CT molecular complexity index is 1710. The lowest BCUT2D eigenvalue weighted by atomic mass is 9.86. The summed E-state index contributed by atoms with van der Waals surface area (Å²) < 4.78 is 21.9. The standard InChI is InChI=1S/C27H24FN3O5S/c1-3-27(35)17-6-20-24-15(9-31(20)25(33)16(17)11-36-26(27)34)14(8-29)23-19(30-24)7-18(28)12(2)22(23)21-5-4-13(10-32)37-21/h4-7,32,35H,3,8-11,29H2,1-2H3/t27-/m0/s1. The second-order valence-corrected chi connectivity index (χ2v) is 10.6. The first kappa shape index (κ1) is 23.9. The molecule has 0 saturated heterocycles. The monoisotopic (exact) mass is 521 g/mol. The molecule has 2 aliphatic rings. The van der Waals surface area contributed by atoms with Crippen LogP contribution in [0, 0.1) is 12.7 Å². The van der Waals surface area contributed by atoms with Crippen LogP contribution in [-0.4, -0.2) is 25.7 Å². The van der Waals surface area contributed by atoms with E-state index in [9.17, 15) is 19.8 Å². The number of carbonyl (C=O) groups is 1. The molecule has 4 N–H and O–H groups in total. The number of hydrogen-bond acceptors (Lipinski definition) is 8. The van der Waals surface area contributed by atoms with Gasteiger partial charge in [0, 0.05) is 44.4 Å². The molecule has 0 radical (unpaired) electrons. The Balaban J connectivity index is 1.67. The quantitative estimate of drug-likeness (QED) is 0.310. The number of fused-ring (bicyclic) bond motifs is 5. The van der Waals surface area contributed by atoms with Gasteiger partial charge < -0.3 is 25.3 Å². The number of hydrogen-bond donors (Lipinski definition) is 3. The first-order valence-corrected chi connectivity index (χ1v) is 12.8. The summed E-state index contributed by atoms with van der Waals surface area (Å²) in [6, 6.07) is 6.65. The normalized spacial score (nSPS) is 18.1. The van der Waals surface area contributed by atoms with Crippen molar-refractivity contribution in [2.75, 3.05) is 0 Å². The van der Waals surface area contributed by atoms with Crippen LogP contribution in [0.15, 0.2) is 29.1 Å². The summed E-state index contributed by atoms with van der Waals surface area (Å²) in [5, 5.41) is 21.4. The molecule has 0 bridgehead atoms. The van der Waals surface area contributed by atoms with E-state index >= 15 is 4.39 Å². The molecule has 4 aromatic rings. The minimum Gasteiger partial charge on any atom is -0.458 e. The topological polar surface area (TPSA) is 128 Å². The van der Waals surface area contributed by atoms with Gasteiger partial charge in [-0.25, -0.2) is 14.2 Å². The van der Waals surface area contributed by atoms with Crippen molar-refractivity contribution in [2.45, 2.75) is 52.2 Å². The van der Waals surface area contributed by atoms with Gasteiger partial charge in [0.1, 0.15) is 12.4 Å². The summed E-state index contributed by atoms with van der Waals surface area (Å²) in [6.07, 6.45) is 0.0400. The van der Waals surface area contributed by atoms with E-state index in [1.54, 1.807) is 30.5 Å². The first-order valence-electron chi connectivity index (χ1n) is 11.9. The van der Waals surface area contributed by atoms with E-state index in [1.807, 2.05) is 6.07 Å². The molecule has 0 fully saturated rings. The van der Waals surface area contributed by atoms with Gasteiger partial charge in [-0.05, 0) is 42.7 Å². The SMILES string of the molecule is CC[C@@]1(O)C(=O)OCc2c1cc1n(c2=O)Cc2c-1nc1cc(F)c(C)c(-c3ccc(CO)s3)c1c2CN. The third kappa shape index (κ3) is 3.19. The van der Waals surface area contributed by atoms with Crippen molar-refractivity contribution in [3.8, 4) is 21.8 Å². The number of benzene rings is 1. The van der Waals surface area contributed by atoms with Crippen molar-refractivity contribution >= 4 is 28.2 Å². The van der Waals surface area contributed by atoms with Gasteiger partial charge in [0.15, 0.2) is 5.60 Å². The number of nitrogens with zero attached hydrogens (tertiary/aromatic N) is 2. The number of cyclic esters (lactones) is 1. The van der Waals surface area contributed by atoms with E-state index in [0.29, 0.717) is 33.4 Å². The van der Waals surface area contributed by atoms with Gasteiger partial charge >= 0.3 is 5.97 Å². The zero-order valence-electron chi connectivity index (χ0n) is 20.2. The summed E-state index contributed by atoms with van der Waals surface area (Å²) in [6.45, 7) is 3.34. The van der Waals surface area contributed by atoms with Crippen LogP contribution < -0.4 is 11.3 Å². The first-order chi connectivity index (χ1) is 17.7. The maximum absolute atomic E-state index is 15.2. The largest absolute Gasteiger partial charge is 0.458 e. The third-order valence-electron chi connectivity index (χ3n) is 7.56. The van der Waals surface area contributed by atoms with Crippen molar-refractivity contribution in [3.05, 3.63) is 73.1 Å². The Hall–Kier alpha value is -3.44. The highest BCUT2D eigenvalue weighted by atomic mass is 32.1. The summed E-state index contributed by atoms with van der Waals surface area (Å²) in [5.74, 6) is -1.22. The van der Waals surface area contributed by atoms with Crippen LogP contribution in [0.25, 0.3) is 32.7 Å². The second-order valence-electron chi connectivity index (χ2n) is 9.40. The number of nitrogens with two attached hydrogens (primary N) is 1. The maximum Gasteiger partial charge on any atom is 0.343 e. The number of halogens is 1. The van der Waals surface area contributed by atoms with E-state index in [0.717, 1.165) is 20.9 Å². The van der Waals surface area contributed by atoms with Crippen LogP contribution in [-0.2, 0) is 41.4 Å². The number of thiophene rings is 1. The van der Waals surface area contributed by atoms with E-state index in [2.05, 4.69) is 0 Å². The van der Waals surface area contributed by atoms with Crippen LogP contribution in [0.2, 0.25) is 0 Å². The van der Waals surface area contributed by atoms with Crippen molar-refractivity contribution in [1.82, 2.24) is 9.55 Å². The Kier molecular flexibility index (Phi) is 5.36. The number of pyridine rings is 2. The van der Waals surface area contributed by atoms with Gasteiger partial charge in [0.2, 0.25) is 0 Å². The zero-order valence-corrected chi connectivity index (χ0v) is 21.0. The molecule has 0 amide bonds. The van der Waals surface area contributed by atoms with Crippen LogP contribution in [0.1, 0.15) is 46.0 Å². The fraction of sp³-hybridized carbons (Fsp3) is 0.296. The second kappa shape index (κ2) is 8.29. The molecule has 8 nitrogen and oxygen atoms in total. The average molecular weight is 522 g/mol.